The van der Waals surface area contributed by atoms with Gasteiger partial charge in [-0.3, -0.25) is 4.68 Å². The maximum Gasteiger partial charge on any atom is 0.407 e. The molecule has 0 saturated carbocycles. The number of alkyl carbamates (subject to hydrolysis) is 1. The van der Waals surface area contributed by atoms with Crippen molar-refractivity contribution in [3.8, 4) is 0 Å². The summed E-state index contributed by atoms with van der Waals surface area (Å²) in [6.07, 6.45) is 3.24. The van der Waals surface area contributed by atoms with Gasteiger partial charge in [-0.25, -0.2) is 4.79 Å². The fourth-order valence-electron chi connectivity index (χ4n) is 2.22. The quantitative estimate of drug-likeness (QED) is 0.812. The highest BCUT2D eigenvalue weighted by molar-refractivity contribution is 5.67. The lowest BCUT2D eigenvalue weighted by Crippen LogP contribution is -2.53. The molecule has 0 spiro atoms. The van der Waals surface area contributed by atoms with Crippen LogP contribution in [0.2, 0.25) is 0 Å². The van der Waals surface area contributed by atoms with Gasteiger partial charge >= 0.3 is 6.09 Å². The molecule has 0 aliphatic carbocycles. The fourth-order valence-corrected chi connectivity index (χ4v) is 2.22. The molecule has 1 aromatic rings. The van der Waals surface area contributed by atoms with Crippen molar-refractivity contribution in [1.29, 1.82) is 0 Å². The van der Waals surface area contributed by atoms with Crippen molar-refractivity contribution in [3.63, 3.8) is 0 Å². The molecule has 1 aromatic heterocycles. The molecular formula is C16H30N4O2. The van der Waals surface area contributed by atoms with Crippen molar-refractivity contribution in [2.24, 2.45) is 7.05 Å². The van der Waals surface area contributed by atoms with Gasteiger partial charge in [0.05, 0.1) is 5.69 Å². The van der Waals surface area contributed by atoms with E-state index in [4.69, 9.17) is 4.74 Å². The Labute approximate surface area is 133 Å². The summed E-state index contributed by atoms with van der Waals surface area (Å²) in [4.78, 5) is 11.8. The number of rotatable bonds is 7. The molecule has 0 aliphatic rings. The number of hydrogen-bond acceptors (Lipinski definition) is 4. The average Bonchev–Trinajstić information content (AvgIpc) is 2.83. The molecule has 1 heterocycles. The van der Waals surface area contributed by atoms with Gasteiger partial charge < -0.3 is 15.4 Å². The molecule has 2 N–H and O–H groups in total. The molecule has 126 valence electrons. The van der Waals surface area contributed by atoms with Gasteiger partial charge in [-0.1, -0.05) is 13.8 Å². The first-order valence-electron chi connectivity index (χ1n) is 7.90. The molecular weight excluding hydrogens is 280 g/mol. The van der Waals surface area contributed by atoms with E-state index >= 15 is 0 Å². The van der Waals surface area contributed by atoms with Gasteiger partial charge in [-0.05, 0) is 39.7 Å². The molecule has 0 unspecified atom stereocenters. The highest BCUT2D eigenvalue weighted by atomic mass is 16.6. The second-order valence-corrected chi connectivity index (χ2v) is 6.64. The van der Waals surface area contributed by atoms with E-state index < -0.39 is 5.60 Å². The molecule has 0 radical (unpaired) electrons. The van der Waals surface area contributed by atoms with E-state index in [2.05, 4.69) is 29.6 Å². The standard InChI is InChI=1S/C16H30N4O2/c1-7-16(8-2,12-17-14(21)22-15(3,4)5)18-11-13-9-10-19-20(13)6/h9-10,18H,7-8,11-12H2,1-6H3,(H,17,21). The first-order valence-corrected chi connectivity index (χ1v) is 7.90. The van der Waals surface area contributed by atoms with Crippen molar-refractivity contribution in [2.75, 3.05) is 6.54 Å². The Morgan fingerprint density at radius 1 is 1.32 bits per heavy atom. The molecule has 0 saturated heterocycles. The van der Waals surface area contributed by atoms with E-state index in [1.165, 1.54) is 0 Å². The first kappa shape index (κ1) is 18.5. The van der Waals surface area contributed by atoms with Gasteiger partial charge in [-0.2, -0.15) is 5.10 Å². The zero-order valence-corrected chi connectivity index (χ0v) is 14.7. The smallest absolute Gasteiger partial charge is 0.407 e. The van der Waals surface area contributed by atoms with Gasteiger partial charge in [-0.15, -0.1) is 0 Å². The summed E-state index contributed by atoms with van der Waals surface area (Å²) in [5, 5.41) is 10.6. The second kappa shape index (κ2) is 7.63. The van der Waals surface area contributed by atoms with Gasteiger partial charge in [0.25, 0.3) is 0 Å². The van der Waals surface area contributed by atoms with Gasteiger partial charge in [0.15, 0.2) is 0 Å². The van der Waals surface area contributed by atoms with Crippen LogP contribution >= 0.6 is 0 Å². The van der Waals surface area contributed by atoms with Crippen LogP contribution in [0.3, 0.4) is 0 Å². The highest BCUT2D eigenvalue weighted by Gasteiger charge is 2.27. The number of aromatic nitrogens is 2. The summed E-state index contributed by atoms with van der Waals surface area (Å²) in [5.74, 6) is 0. The number of carbonyl (C=O) groups excluding carboxylic acids is 1. The maximum absolute atomic E-state index is 11.8. The normalized spacial score (nSPS) is 12.3. The van der Waals surface area contributed by atoms with E-state index in [1.54, 1.807) is 6.20 Å². The molecule has 22 heavy (non-hydrogen) atoms. The predicted octanol–water partition coefficient (Wildman–Crippen LogP) is 2.59. The second-order valence-electron chi connectivity index (χ2n) is 6.64. The van der Waals surface area contributed by atoms with Crippen LogP contribution in [0.15, 0.2) is 12.3 Å². The Hall–Kier alpha value is -1.56. The average molecular weight is 310 g/mol. The van der Waals surface area contributed by atoms with E-state index in [0.717, 1.165) is 18.5 Å². The van der Waals surface area contributed by atoms with Crippen molar-refractivity contribution < 1.29 is 9.53 Å². The third-order valence-electron chi connectivity index (χ3n) is 3.89. The van der Waals surface area contributed by atoms with Crippen molar-refractivity contribution >= 4 is 6.09 Å². The molecule has 6 heteroatoms. The molecule has 0 fully saturated rings. The van der Waals surface area contributed by atoms with Gasteiger partial charge in [0, 0.05) is 31.9 Å². The topological polar surface area (TPSA) is 68.2 Å². The summed E-state index contributed by atoms with van der Waals surface area (Å²) >= 11 is 0. The fraction of sp³-hybridized carbons (Fsp3) is 0.750. The van der Waals surface area contributed by atoms with Crippen LogP contribution in [0.5, 0.6) is 0 Å². The largest absolute Gasteiger partial charge is 0.444 e. The number of carbonyl (C=O) groups is 1. The number of nitrogens with one attached hydrogen (secondary N) is 2. The third kappa shape index (κ3) is 5.67. The van der Waals surface area contributed by atoms with Crippen LogP contribution in [0.25, 0.3) is 0 Å². The van der Waals surface area contributed by atoms with Crippen molar-refractivity contribution in [3.05, 3.63) is 18.0 Å². The number of nitrogens with zero attached hydrogens (tertiary/aromatic N) is 2. The number of amides is 1. The Kier molecular flexibility index (Phi) is 6.41. The molecule has 6 nitrogen and oxygen atoms in total. The van der Waals surface area contributed by atoms with Crippen molar-refractivity contribution in [2.45, 2.75) is 65.1 Å². The lowest BCUT2D eigenvalue weighted by Gasteiger charge is -2.33. The van der Waals surface area contributed by atoms with Crippen LogP contribution in [-0.4, -0.2) is 33.6 Å². The third-order valence-corrected chi connectivity index (χ3v) is 3.89. The van der Waals surface area contributed by atoms with Crippen molar-refractivity contribution in [1.82, 2.24) is 20.4 Å². The highest BCUT2D eigenvalue weighted by Crippen LogP contribution is 2.16. The zero-order valence-electron chi connectivity index (χ0n) is 14.7. The van der Waals surface area contributed by atoms with E-state index in [-0.39, 0.29) is 11.6 Å². The molecule has 0 bridgehead atoms. The minimum Gasteiger partial charge on any atom is -0.444 e. The van der Waals surface area contributed by atoms with Crippen LogP contribution < -0.4 is 10.6 Å². The monoisotopic (exact) mass is 310 g/mol. The molecule has 1 amide bonds. The van der Waals surface area contributed by atoms with Crippen LogP contribution in [0.1, 0.15) is 53.2 Å². The lowest BCUT2D eigenvalue weighted by molar-refractivity contribution is 0.0507. The Morgan fingerprint density at radius 3 is 2.41 bits per heavy atom. The first-order chi connectivity index (χ1) is 10.2. The molecule has 0 aliphatic heterocycles. The lowest BCUT2D eigenvalue weighted by atomic mass is 9.92. The summed E-state index contributed by atoms with van der Waals surface area (Å²) in [7, 11) is 1.93. The predicted molar refractivity (Wildman–Crippen MR) is 87.6 cm³/mol. The maximum atomic E-state index is 11.8. The minimum atomic E-state index is -0.479. The Morgan fingerprint density at radius 2 is 1.95 bits per heavy atom. The molecule has 1 rings (SSSR count). The Balaban J connectivity index is 2.59. The number of aryl methyl sites for hydroxylation is 1. The summed E-state index contributed by atoms with van der Waals surface area (Å²) in [6, 6.07) is 1.99. The summed E-state index contributed by atoms with van der Waals surface area (Å²) in [6.45, 7) is 11.1. The Bertz CT molecular complexity index is 473. The van der Waals surface area contributed by atoms with Crippen LogP contribution in [-0.2, 0) is 18.3 Å². The molecule has 0 aromatic carbocycles. The summed E-state index contributed by atoms with van der Waals surface area (Å²) < 4.78 is 7.15. The zero-order chi connectivity index (χ0) is 16.8. The SMILES string of the molecule is CCC(CC)(CNC(=O)OC(C)(C)C)NCc1ccnn1C. The number of ether oxygens (including phenoxy) is 1. The summed E-state index contributed by atoms with van der Waals surface area (Å²) in [5.41, 5.74) is 0.484. The number of hydrogen-bond donors (Lipinski definition) is 2. The van der Waals surface area contributed by atoms with E-state index in [1.807, 2.05) is 38.6 Å². The molecule has 0 atom stereocenters. The van der Waals surface area contributed by atoms with Crippen LogP contribution in [0.4, 0.5) is 4.79 Å². The van der Waals surface area contributed by atoms with Gasteiger partial charge in [0.2, 0.25) is 0 Å². The minimum absolute atomic E-state index is 0.152. The van der Waals surface area contributed by atoms with E-state index in [0.29, 0.717) is 13.1 Å². The van der Waals surface area contributed by atoms with E-state index in [9.17, 15) is 4.79 Å². The van der Waals surface area contributed by atoms with Gasteiger partial charge in [0.1, 0.15) is 5.60 Å². The van der Waals surface area contributed by atoms with Crippen LogP contribution in [0, 0.1) is 0 Å².